The molecule has 0 aromatic heterocycles. The van der Waals surface area contributed by atoms with Gasteiger partial charge in [0.15, 0.2) is 0 Å². The molecule has 0 saturated carbocycles. The van der Waals surface area contributed by atoms with E-state index in [0.29, 0.717) is 12.5 Å². The predicted molar refractivity (Wildman–Crippen MR) is 66.4 cm³/mol. The summed E-state index contributed by atoms with van der Waals surface area (Å²) in [6.07, 6.45) is 1.10. The van der Waals surface area contributed by atoms with E-state index in [-0.39, 0.29) is 74.3 Å². The van der Waals surface area contributed by atoms with Gasteiger partial charge in [0.25, 0.3) is 0 Å². The standard InChI is InChI=1S/C13H17O2S.Cs/c1-3-14-11-4-6-12(7-5-11)16-13-8-10(2)9-15-13;/h4-7,9-10,13H,3,8H2,1-2H3;/q-1;+1/t10-,13?;/m1./s1. The summed E-state index contributed by atoms with van der Waals surface area (Å²) in [7, 11) is 0. The molecule has 0 spiro atoms. The van der Waals surface area contributed by atoms with Crippen LogP contribution in [0.4, 0.5) is 0 Å². The van der Waals surface area contributed by atoms with Crippen LogP contribution in [0.15, 0.2) is 29.2 Å². The molecule has 4 heteroatoms. The van der Waals surface area contributed by atoms with Gasteiger partial charge in [-0.05, 0) is 37.6 Å². The van der Waals surface area contributed by atoms with Crippen LogP contribution in [0.1, 0.15) is 20.3 Å². The van der Waals surface area contributed by atoms with E-state index in [4.69, 9.17) is 9.47 Å². The third-order valence-corrected chi connectivity index (χ3v) is 3.54. The molecule has 1 unspecified atom stereocenters. The van der Waals surface area contributed by atoms with Crippen molar-refractivity contribution in [3.8, 4) is 5.75 Å². The molecule has 1 aliphatic rings. The van der Waals surface area contributed by atoms with Crippen LogP contribution in [0.3, 0.4) is 0 Å². The topological polar surface area (TPSA) is 18.5 Å². The fraction of sp³-hybridized carbons (Fsp3) is 0.462. The summed E-state index contributed by atoms with van der Waals surface area (Å²) in [4.78, 5) is 1.23. The van der Waals surface area contributed by atoms with Gasteiger partial charge in [0.1, 0.15) is 5.75 Å². The molecule has 2 nitrogen and oxygen atoms in total. The molecular formula is C13H17CsO2S. The van der Waals surface area contributed by atoms with E-state index in [9.17, 15) is 0 Å². The molecule has 2 atom stereocenters. The average Bonchev–Trinajstić information content (AvgIpc) is 2.67. The second-order valence-electron chi connectivity index (χ2n) is 3.94. The maximum Gasteiger partial charge on any atom is 1.00 e. The van der Waals surface area contributed by atoms with Gasteiger partial charge in [-0.15, -0.1) is 5.92 Å². The first-order chi connectivity index (χ1) is 7.78. The molecule has 1 aromatic carbocycles. The molecule has 17 heavy (non-hydrogen) atoms. The van der Waals surface area contributed by atoms with Crippen LogP contribution in [0, 0.1) is 12.5 Å². The number of hydrogen-bond donors (Lipinski definition) is 0. The Hall–Kier alpha value is 1.38. The zero-order valence-corrected chi connectivity index (χ0v) is 17.8. The molecular weight excluding hydrogens is 353 g/mol. The first-order valence-electron chi connectivity index (χ1n) is 5.66. The van der Waals surface area contributed by atoms with E-state index in [1.54, 1.807) is 11.8 Å². The molecule has 1 aliphatic heterocycles. The summed E-state index contributed by atoms with van der Waals surface area (Å²) in [5, 5.41) is 0. The largest absolute Gasteiger partial charge is 1.00 e. The monoisotopic (exact) mass is 370 g/mol. The van der Waals surface area contributed by atoms with Crippen molar-refractivity contribution in [3.05, 3.63) is 30.9 Å². The van der Waals surface area contributed by atoms with E-state index in [2.05, 4.69) is 19.1 Å². The first kappa shape index (κ1) is 16.4. The third kappa shape index (κ3) is 5.49. The van der Waals surface area contributed by atoms with Crippen LogP contribution in [-0.4, -0.2) is 12.0 Å². The summed E-state index contributed by atoms with van der Waals surface area (Å²) < 4.78 is 11.0. The minimum Gasteiger partial charge on any atom is -0.542 e. The molecule has 1 fully saturated rings. The first-order valence-corrected chi connectivity index (χ1v) is 6.54. The predicted octanol–water partition coefficient (Wildman–Crippen LogP) is 0.726. The van der Waals surface area contributed by atoms with Crippen molar-refractivity contribution in [2.24, 2.45) is 5.92 Å². The van der Waals surface area contributed by atoms with E-state index in [1.165, 1.54) is 4.90 Å². The maximum atomic E-state index is 5.55. The molecule has 0 N–H and O–H groups in total. The van der Waals surface area contributed by atoms with Crippen LogP contribution in [0.5, 0.6) is 5.75 Å². The Morgan fingerprint density at radius 2 is 2.12 bits per heavy atom. The van der Waals surface area contributed by atoms with Gasteiger partial charge in [-0.3, -0.25) is 0 Å². The van der Waals surface area contributed by atoms with E-state index in [1.807, 2.05) is 25.7 Å². The van der Waals surface area contributed by atoms with Gasteiger partial charge in [-0.1, -0.05) is 18.7 Å². The smallest absolute Gasteiger partial charge is 0.542 e. The van der Waals surface area contributed by atoms with Gasteiger partial charge in [0, 0.05) is 4.90 Å². The minimum absolute atomic E-state index is 0. The summed E-state index contributed by atoms with van der Waals surface area (Å²) >= 11 is 1.77. The molecule has 0 bridgehead atoms. The molecule has 1 aromatic rings. The Labute approximate surface area is 167 Å². The molecule has 1 saturated heterocycles. The molecule has 2 rings (SSSR count). The van der Waals surface area contributed by atoms with Gasteiger partial charge in [-0.25, -0.2) is 6.61 Å². The van der Waals surface area contributed by atoms with Gasteiger partial charge < -0.3 is 9.47 Å². The van der Waals surface area contributed by atoms with Crippen molar-refractivity contribution in [1.82, 2.24) is 0 Å². The van der Waals surface area contributed by atoms with Crippen molar-refractivity contribution in [2.75, 3.05) is 6.61 Å². The molecule has 0 amide bonds. The second kappa shape index (κ2) is 8.53. The fourth-order valence-electron chi connectivity index (χ4n) is 1.65. The van der Waals surface area contributed by atoms with Crippen LogP contribution in [0.2, 0.25) is 0 Å². The van der Waals surface area contributed by atoms with Crippen molar-refractivity contribution in [2.45, 2.75) is 30.6 Å². The maximum absolute atomic E-state index is 5.55. The zero-order valence-electron chi connectivity index (χ0n) is 10.7. The molecule has 0 aliphatic carbocycles. The summed E-state index contributed by atoms with van der Waals surface area (Å²) in [6.45, 7) is 6.82. The minimum atomic E-state index is 0. The number of ether oxygens (including phenoxy) is 2. The van der Waals surface area contributed by atoms with Gasteiger partial charge in [0.05, 0.1) is 12.0 Å². The van der Waals surface area contributed by atoms with Gasteiger partial charge in [0.2, 0.25) is 0 Å². The Kier molecular flexibility index (Phi) is 8.25. The van der Waals surface area contributed by atoms with Crippen LogP contribution in [0.25, 0.3) is 0 Å². The number of rotatable bonds is 4. The molecule has 0 radical (unpaired) electrons. The van der Waals surface area contributed by atoms with Crippen LogP contribution >= 0.6 is 11.8 Å². The Morgan fingerprint density at radius 3 is 2.65 bits per heavy atom. The van der Waals surface area contributed by atoms with Crippen molar-refractivity contribution >= 4 is 11.8 Å². The Bertz CT molecular complexity index is 329. The summed E-state index contributed by atoms with van der Waals surface area (Å²) in [5.74, 6) is 1.50. The zero-order chi connectivity index (χ0) is 11.4. The number of benzene rings is 1. The van der Waals surface area contributed by atoms with Crippen LogP contribution in [-0.2, 0) is 4.74 Å². The average molecular weight is 370 g/mol. The second-order valence-corrected chi connectivity index (χ2v) is 5.17. The Morgan fingerprint density at radius 1 is 1.41 bits per heavy atom. The Balaban J connectivity index is 0.00000144. The molecule has 88 valence electrons. The van der Waals surface area contributed by atoms with Gasteiger partial charge >= 0.3 is 68.9 Å². The SMILES string of the molecule is CCOc1ccc(SC2C[C@@H](C)[CH-]O2)cc1.[Cs+]. The quantitative estimate of drug-likeness (QED) is 0.729. The number of thioether (sulfide) groups is 1. The normalized spacial score (nSPS) is 23.2. The van der Waals surface area contributed by atoms with Crippen LogP contribution < -0.4 is 73.6 Å². The molecule has 1 heterocycles. The van der Waals surface area contributed by atoms with Gasteiger partial charge in [-0.2, -0.15) is 0 Å². The fourth-order valence-corrected chi connectivity index (χ4v) is 2.76. The van der Waals surface area contributed by atoms with Crippen molar-refractivity contribution in [1.29, 1.82) is 0 Å². The van der Waals surface area contributed by atoms with E-state index < -0.39 is 0 Å². The van der Waals surface area contributed by atoms with Crippen molar-refractivity contribution < 1.29 is 78.4 Å². The van der Waals surface area contributed by atoms with Crippen molar-refractivity contribution in [3.63, 3.8) is 0 Å². The van der Waals surface area contributed by atoms with E-state index in [0.717, 1.165) is 12.2 Å². The van der Waals surface area contributed by atoms with E-state index >= 15 is 0 Å². The third-order valence-electron chi connectivity index (χ3n) is 2.43. The number of hydrogen-bond acceptors (Lipinski definition) is 3. The summed E-state index contributed by atoms with van der Waals surface area (Å²) in [5.41, 5.74) is 0.271. The summed E-state index contributed by atoms with van der Waals surface area (Å²) in [6, 6.07) is 8.19.